The molecule has 0 spiro atoms. The summed E-state index contributed by atoms with van der Waals surface area (Å²) < 4.78 is 39.1. The van der Waals surface area contributed by atoms with Crippen LogP contribution < -0.4 is 0 Å². The number of hydrogen-bond donors (Lipinski definition) is 0. The smallest absolute Gasteiger partial charge is 0.333 e. The van der Waals surface area contributed by atoms with Crippen molar-refractivity contribution < 1.29 is 115 Å². The van der Waals surface area contributed by atoms with E-state index >= 15 is 0 Å². The van der Waals surface area contributed by atoms with E-state index in [9.17, 15) is 76.7 Å². The molecular formula is C102H164N8O24. The minimum atomic E-state index is -0.486. The first-order valence-corrected chi connectivity index (χ1v) is 44.7. The van der Waals surface area contributed by atoms with E-state index in [4.69, 9.17) is 37.9 Å². The van der Waals surface area contributed by atoms with Gasteiger partial charge in [0, 0.05) is 122 Å². The van der Waals surface area contributed by atoms with Crippen molar-refractivity contribution in [3.63, 3.8) is 0 Å². The molecule has 32 heteroatoms. The second-order valence-corrected chi connectivity index (χ2v) is 31.4. The summed E-state index contributed by atoms with van der Waals surface area (Å²) in [6.45, 7) is 97.2. The minimum Gasteiger partial charge on any atom is -0.463 e. The molecule has 756 valence electrons. The Kier molecular flexibility index (Phi) is 87.6. The molecule has 0 radical (unpaired) electrons. The summed E-state index contributed by atoms with van der Waals surface area (Å²) in [5.41, 5.74) is 0.856. The van der Waals surface area contributed by atoms with Gasteiger partial charge in [0.25, 0.3) is 0 Å². The molecule has 0 atom stereocenters. The highest BCUT2D eigenvalue weighted by molar-refractivity contribution is 5.92. The average molecular weight is 1890 g/mol. The van der Waals surface area contributed by atoms with Crippen molar-refractivity contribution >= 4 is 95.0 Å². The molecule has 0 fully saturated rings. The number of esters is 8. The maximum Gasteiger partial charge on any atom is 0.333 e. The van der Waals surface area contributed by atoms with Gasteiger partial charge in [0.15, 0.2) is 0 Å². The van der Waals surface area contributed by atoms with Gasteiger partial charge in [0.2, 0.25) is 47.3 Å². The van der Waals surface area contributed by atoms with Crippen LogP contribution >= 0.6 is 0 Å². The normalized spacial score (nSPS) is 9.82. The van der Waals surface area contributed by atoms with Crippen molar-refractivity contribution in [2.24, 2.45) is 0 Å². The van der Waals surface area contributed by atoms with E-state index in [0.29, 0.717) is 114 Å². The molecule has 0 heterocycles. The van der Waals surface area contributed by atoms with Gasteiger partial charge in [-0.25, -0.2) is 38.4 Å². The first-order valence-electron chi connectivity index (χ1n) is 44.7. The molecule has 0 saturated heterocycles. The van der Waals surface area contributed by atoms with Crippen LogP contribution in [0.25, 0.3) is 0 Å². The Labute approximate surface area is 801 Å². The third-order valence-electron chi connectivity index (χ3n) is 17.5. The third-order valence-corrected chi connectivity index (χ3v) is 17.5. The highest BCUT2D eigenvalue weighted by atomic mass is 16.6. The van der Waals surface area contributed by atoms with Crippen molar-refractivity contribution in [2.75, 3.05) is 131 Å². The predicted molar refractivity (Wildman–Crippen MR) is 530 cm³/mol. The number of nitrogens with zero attached hydrogens (tertiary/aromatic N) is 8. The maximum atomic E-state index is 11.6. The van der Waals surface area contributed by atoms with Gasteiger partial charge < -0.3 is 77.1 Å². The number of hydrogen-bond acceptors (Lipinski definition) is 24. The van der Waals surface area contributed by atoms with Crippen LogP contribution in [0.1, 0.15) is 202 Å². The van der Waals surface area contributed by atoms with Crippen LogP contribution in [0, 0.1) is 0 Å². The maximum absolute atomic E-state index is 11.6. The lowest BCUT2D eigenvalue weighted by atomic mass is 10.1. The first-order chi connectivity index (χ1) is 62.8. The molecule has 0 saturated carbocycles. The molecule has 0 aromatic heterocycles. The number of ether oxygens (including phenoxy) is 8. The number of carbonyl (C=O) groups is 16. The lowest BCUT2D eigenvalue weighted by Gasteiger charge is -2.34. The molecule has 134 heavy (non-hydrogen) atoms. The number of likely N-dealkylation sites (N-methyl/N-ethyl adjacent to an activating group) is 2. The Hall–Kier alpha value is -12.6. The van der Waals surface area contributed by atoms with Gasteiger partial charge in [0.1, 0.15) is 26.4 Å². The lowest BCUT2D eigenvalue weighted by molar-refractivity contribution is -0.142. The standard InChI is InChI=1S/C15H25NO3.C14H23NO3.2C13H21NO3.3C12H19NO3.C11H17NO3/c1-5-7-10-16(14(17)6-2)11-8-9-12-19-15(18)13(3)4;1-4-7-10-15(13(16)5-2)11-8-9-12-18-14(17)6-3;1-7-11(15)14(13(4,5)6)8-9-17-12(16)10(2)3;1-5-12(15)14(6-2)9-7-8-10-17-13(16)11(3)4;1-6-11(14)13(10(4)5)7-8-16-12(15)9(2)3;1-6-10(14)13(12(3,4)5)8-9-16-11(15)7-2;1-4-11(14)13(6-3)9-7-8-10-16-12(15)5-2;1-5-10(13)12(9(3)4)7-8-15-11(14)6-2/h6H,2-3,5,7-12H2,1,4H3;5-6H,2-4,7-12H2,1H3;7H,1-2,8-9H2,3-6H3;5H,1,3,6-10H2,2,4H3;6,10H,1-2,7-8H2,3-5H3;6-7H,1-2,8-9H2,3-5H3;4-5H,1-2,6-10H2,3H3;5-6,9H,1-2,7-8H2,3-4H3. The molecule has 32 nitrogen and oxygen atoms in total. The van der Waals surface area contributed by atoms with Gasteiger partial charge in [-0.1, -0.05) is 132 Å². The predicted octanol–water partition coefficient (Wildman–Crippen LogP) is 14.6. The van der Waals surface area contributed by atoms with Crippen LogP contribution in [0.3, 0.4) is 0 Å². The van der Waals surface area contributed by atoms with Crippen LogP contribution in [0.15, 0.2) is 200 Å². The van der Waals surface area contributed by atoms with Crippen molar-refractivity contribution in [2.45, 2.75) is 225 Å². The molecule has 0 aromatic rings. The Morgan fingerprint density at radius 3 is 0.649 bits per heavy atom. The quantitative estimate of drug-likeness (QED) is 0.0236. The Morgan fingerprint density at radius 2 is 0.440 bits per heavy atom. The van der Waals surface area contributed by atoms with Crippen molar-refractivity contribution in [3.8, 4) is 0 Å². The zero-order valence-corrected chi connectivity index (χ0v) is 84.4. The average Bonchev–Trinajstić information content (AvgIpc) is 0.866. The molecule has 8 amide bonds. The van der Waals surface area contributed by atoms with E-state index in [1.807, 2.05) is 83.1 Å². The highest BCUT2D eigenvalue weighted by Crippen LogP contribution is 2.16. The molecule has 0 rings (SSSR count). The first kappa shape index (κ1) is 137. The van der Waals surface area contributed by atoms with Crippen LogP contribution in [-0.2, 0) is 115 Å². The summed E-state index contributed by atoms with van der Waals surface area (Å²) >= 11 is 0. The molecule has 0 N–H and O–H groups in total. The van der Waals surface area contributed by atoms with Crippen LogP contribution in [0.2, 0.25) is 0 Å². The van der Waals surface area contributed by atoms with E-state index in [1.165, 1.54) is 48.6 Å². The van der Waals surface area contributed by atoms with E-state index in [1.54, 1.807) is 66.9 Å². The minimum absolute atomic E-state index is 0.0348. The zero-order valence-electron chi connectivity index (χ0n) is 84.4. The van der Waals surface area contributed by atoms with E-state index in [2.05, 4.69) is 119 Å². The fourth-order valence-corrected chi connectivity index (χ4v) is 9.95. The zero-order chi connectivity index (χ0) is 105. The summed E-state index contributed by atoms with van der Waals surface area (Å²) in [4.78, 5) is 192. The monoisotopic (exact) mass is 1890 g/mol. The SMILES string of the molecule is C=CC(=O)N(CC)CCCCOC(=O)C(=C)C.C=CC(=O)N(CCCC)CCCCOC(=O)C(=C)C.C=CC(=O)N(CCOC(=O)C(=C)C)C(C)(C)C.C=CC(=O)N(CCOC(=O)C(=C)C)C(C)C.C=CC(=O)OCCCCN(CC)C(=O)C=C.C=CC(=O)OCCCCN(CCCC)C(=O)C=C.C=CC(=O)OCCN(C(=O)C=C)C(C)(C)C.C=CC(=O)OCCN(C(=O)C=C)C(C)C. The van der Waals surface area contributed by atoms with Crippen LogP contribution in [0.5, 0.6) is 0 Å². The Balaban J connectivity index is -0.000000226. The number of amides is 8. The van der Waals surface area contributed by atoms with Crippen LogP contribution in [0.4, 0.5) is 0 Å². The van der Waals surface area contributed by atoms with Gasteiger partial charge in [0.05, 0.1) is 52.6 Å². The number of carbonyl (C=O) groups excluding carboxylic acids is 16. The number of unbranched alkanes of at least 4 members (excludes halogenated alkanes) is 6. The third kappa shape index (κ3) is 77.0. The molecule has 0 aromatic carbocycles. The van der Waals surface area contributed by atoms with Crippen molar-refractivity contribution in [1.82, 2.24) is 39.2 Å². The van der Waals surface area contributed by atoms with E-state index in [-0.39, 0.29) is 109 Å². The Bertz CT molecular complexity index is 3760. The topological polar surface area (TPSA) is 373 Å². The van der Waals surface area contributed by atoms with Gasteiger partial charge in [-0.05, 0) is 224 Å². The summed E-state index contributed by atoms with van der Waals surface area (Å²) in [6, 6.07) is 0.104. The summed E-state index contributed by atoms with van der Waals surface area (Å²) in [7, 11) is 0. The molecule has 0 aliphatic carbocycles. The second kappa shape index (κ2) is 85.8. The van der Waals surface area contributed by atoms with Crippen molar-refractivity contribution in [1.29, 1.82) is 0 Å². The van der Waals surface area contributed by atoms with Gasteiger partial charge in [-0.3, -0.25) is 38.4 Å². The highest BCUT2D eigenvalue weighted by Gasteiger charge is 2.27. The number of rotatable bonds is 58. The fourth-order valence-electron chi connectivity index (χ4n) is 9.95. The summed E-state index contributed by atoms with van der Waals surface area (Å²) in [6.07, 6.45) is 25.1. The molecule has 0 bridgehead atoms. The summed E-state index contributed by atoms with van der Waals surface area (Å²) in [5.74, 6) is -4.26. The summed E-state index contributed by atoms with van der Waals surface area (Å²) in [5, 5.41) is 0. The van der Waals surface area contributed by atoms with Gasteiger partial charge in [-0.2, -0.15) is 0 Å². The Morgan fingerprint density at radius 1 is 0.246 bits per heavy atom. The van der Waals surface area contributed by atoms with Gasteiger partial charge >= 0.3 is 47.8 Å². The molecular weight excluding hydrogens is 1720 g/mol. The van der Waals surface area contributed by atoms with E-state index < -0.39 is 35.8 Å². The largest absolute Gasteiger partial charge is 0.463 e. The van der Waals surface area contributed by atoms with Gasteiger partial charge in [-0.15, -0.1) is 0 Å². The van der Waals surface area contributed by atoms with E-state index in [0.717, 1.165) is 114 Å². The fraction of sp³-hybridized carbons (Fsp3) is 0.529. The molecule has 0 aliphatic rings. The molecule has 0 unspecified atom stereocenters. The molecule has 0 aliphatic heterocycles. The lowest BCUT2D eigenvalue weighted by Crippen LogP contribution is -2.46. The second-order valence-electron chi connectivity index (χ2n) is 31.4. The van der Waals surface area contributed by atoms with Crippen LogP contribution in [-0.4, -0.2) is 289 Å². The van der Waals surface area contributed by atoms with Crippen molar-refractivity contribution in [3.05, 3.63) is 200 Å².